The standard InChI is InChI=1S/C13H22N2O3S/c1-4-7-19-10-8-12(17)15(13(10)18)6-5-11(16)14-9(2)3/h9-10H,4-8H2,1-3H3,(H,14,16). The van der Waals surface area contributed by atoms with Crippen LogP contribution >= 0.6 is 11.8 Å². The van der Waals surface area contributed by atoms with Crippen molar-refractivity contribution in [3.63, 3.8) is 0 Å². The minimum absolute atomic E-state index is 0.0744. The zero-order chi connectivity index (χ0) is 14.4. The molecule has 1 unspecified atom stereocenters. The molecule has 108 valence electrons. The maximum Gasteiger partial charge on any atom is 0.242 e. The molecule has 5 nitrogen and oxygen atoms in total. The number of amides is 3. The van der Waals surface area contributed by atoms with Gasteiger partial charge >= 0.3 is 0 Å². The van der Waals surface area contributed by atoms with Gasteiger partial charge in [0.25, 0.3) is 0 Å². The third-order valence-electron chi connectivity index (χ3n) is 2.74. The summed E-state index contributed by atoms with van der Waals surface area (Å²) in [6.45, 7) is 5.99. The van der Waals surface area contributed by atoms with E-state index in [2.05, 4.69) is 5.32 Å². The number of hydrogen-bond donors (Lipinski definition) is 1. The number of rotatable bonds is 7. The number of nitrogens with zero attached hydrogens (tertiary/aromatic N) is 1. The van der Waals surface area contributed by atoms with Crippen molar-refractivity contribution in [3.05, 3.63) is 0 Å². The number of carbonyl (C=O) groups is 3. The van der Waals surface area contributed by atoms with E-state index in [9.17, 15) is 14.4 Å². The molecule has 6 heteroatoms. The lowest BCUT2D eigenvalue weighted by Crippen LogP contribution is -2.37. The van der Waals surface area contributed by atoms with E-state index in [1.54, 1.807) is 0 Å². The molecule has 0 saturated carbocycles. The van der Waals surface area contributed by atoms with Crippen LogP contribution in [0, 0.1) is 0 Å². The van der Waals surface area contributed by atoms with Crippen LogP contribution in [-0.2, 0) is 14.4 Å². The van der Waals surface area contributed by atoms with Crippen LogP contribution < -0.4 is 5.32 Å². The molecule has 0 spiro atoms. The highest BCUT2D eigenvalue weighted by Crippen LogP contribution is 2.25. The summed E-state index contributed by atoms with van der Waals surface area (Å²) in [5.41, 5.74) is 0. The molecule has 1 fully saturated rings. The Hall–Kier alpha value is -1.04. The lowest BCUT2D eigenvalue weighted by atomic mass is 10.3. The fourth-order valence-corrected chi connectivity index (χ4v) is 2.94. The number of thioether (sulfide) groups is 1. The second-order valence-corrected chi connectivity index (χ2v) is 6.23. The Balaban J connectivity index is 2.43. The second-order valence-electron chi connectivity index (χ2n) is 4.92. The van der Waals surface area contributed by atoms with Crippen molar-refractivity contribution >= 4 is 29.5 Å². The van der Waals surface area contributed by atoms with Crippen LogP contribution in [0.2, 0.25) is 0 Å². The topological polar surface area (TPSA) is 66.5 Å². The highest BCUT2D eigenvalue weighted by Gasteiger charge is 2.38. The summed E-state index contributed by atoms with van der Waals surface area (Å²) >= 11 is 1.53. The van der Waals surface area contributed by atoms with Crippen molar-refractivity contribution in [2.24, 2.45) is 0 Å². The fourth-order valence-electron chi connectivity index (χ4n) is 1.89. The second kappa shape index (κ2) is 7.53. The van der Waals surface area contributed by atoms with Crippen molar-refractivity contribution in [3.8, 4) is 0 Å². The van der Waals surface area contributed by atoms with Gasteiger partial charge in [0, 0.05) is 25.4 Å². The highest BCUT2D eigenvalue weighted by atomic mass is 32.2. The van der Waals surface area contributed by atoms with Gasteiger partial charge in [-0.1, -0.05) is 6.92 Å². The normalized spacial score (nSPS) is 19.4. The Morgan fingerprint density at radius 1 is 1.47 bits per heavy atom. The third kappa shape index (κ3) is 4.86. The summed E-state index contributed by atoms with van der Waals surface area (Å²) in [7, 11) is 0. The van der Waals surface area contributed by atoms with Gasteiger partial charge in [-0.15, -0.1) is 11.8 Å². The van der Waals surface area contributed by atoms with Crippen molar-refractivity contribution in [1.82, 2.24) is 10.2 Å². The predicted octanol–water partition coefficient (Wildman–Crippen LogP) is 1.17. The molecule has 0 aromatic heterocycles. The lowest BCUT2D eigenvalue weighted by molar-refractivity contribution is -0.138. The molecule has 1 aliphatic heterocycles. The minimum Gasteiger partial charge on any atom is -0.354 e. The van der Waals surface area contributed by atoms with Crippen molar-refractivity contribution in [2.45, 2.75) is 51.3 Å². The van der Waals surface area contributed by atoms with E-state index in [-0.39, 0.29) is 48.4 Å². The van der Waals surface area contributed by atoms with Crippen LogP contribution in [0.5, 0.6) is 0 Å². The van der Waals surface area contributed by atoms with Crippen LogP contribution in [0.3, 0.4) is 0 Å². The molecule has 1 aliphatic rings. The molecule has 1 rings (SSSR count). The zero-order valence-electron chi connectivity index (χ0n) is 11.8. The molecule has 19 heavy (non-hydrogen) atoms. The molecule has 1 N–H and O–H groups in total. The maximum atomic E-state index is 12.0. The van der Waals surface area contributed by atoms with Gasteiger partial charge in [0.1, 0.15) is 0 Å². The van der Waals surface area contributed by atoms with E-state index >= 15 is 0 Å². The first kappa shape index (κ1) is 16.0. The van der Waals surface area contributed by atoms with Gasteiger partial charge in [-0.25, -0.2) is 0 Å². The van der Waals surface area contributed by atoms with E-state index in [0.717, 1.165) is 12.2 Å². The van der Waals surface area contributed by atoms with E-state index in [0.29, 0.717) is 0 Å². The molecular formula is C13H22N2O3S. The molecule has 1 atom stereocenters. The Labute approximate surface area is 118 Å². The molecule has 0 aromatic rings. The van der Waals surface area contributed by atoms with Crippen molar-refractivity contribution < 1.29 is 14.4 Å². The summed E-state index contributed by atoms with van der Waals surface area (Å²) in [6.07, 6.45) is 1.44. The summed E-state index contributed by atoms with van der Waals surface area (Å²) < 4.78 is 0. The number of likely N-dealkylation sites (tertiary alicyclic amines) is 1. The largest absolute Gasteiger partial charge is 0.354 e. The van der Waals surface area contributed by atoms with Crippen molar-refractivity contribution in [2.75, 3.05) is 12.3 Å². The van der Waals surface area contributed by atoms with Crippen LogP contribution in [0.15, 0.2) is 0 Å². The first-order valence-electron chi connectivity index (χ1n) is 6.70. The summed E-state index contributed by atoms with van der Waals surface area (Å²) in [5, 5.41) is 2.50. The Bertz CT molecular complexity index is 358. The SMILES string of the molecule is CCCSC1CC(=O)N(CCC(=O)NC(C)C)C1=O. The number of nitrogens with one attached hydrogen (secondary N) is 1. The number of imide groups is 1. The smallest absolute Gasteiger partial charge is 0.242 e. The Kier molecular flexibility index (Phi) is 6.34. The molecule has 0 aliphatic carbocycles. The minimum atomic E-state index is -0.249. The highest BCUT2D eigenvalue weighted by molar-refractivity contribution is 8.00. The molecule has 3 amide bonds. The van der Waals surface area contributed by atoms with Crippen LogP contribution in [0.4, 0.5) is 0 Å². The quantitative estimate of drug-likeness (QED) is 0.714. The van der Waals surface area contributed by atoms with E-state index in [4.69, 9.17) is 0 Å². The maximum absolute atomic E-state index is 12.0. The zero-order valence-corrected chi connectivity index (χ0v) is 12.6. The Morgan fingerprint density at radius 3 is 2.74 bits per heavy atom. The van der Waals surface area contributed by atoms with Crippen molar-refractivity contribution in [1.29, 1.82) is 0 Å². The first-order valence-corrected chi connectivity index (χ1v) is 7.75. The molecule has 0 aromatic carbocycles. The van der Waals surface area contributed by atoms with Gasteiger partial charge in [0.15, 0.2) is 0 Å². The van der Waals surface area contributed by atoms with Gasteiger partial charge in [-0.05, 0) is 26.0 Å². The number of hydrogen-bond acceptors (Lipinski definition) is 4. The van der Waals surface area contributed by atoms with Crippen LogP contribution in [-0.4, -0.2) is 46.2 Å². The summed E-state index contributed by atoms with van der Waals surface area (Å²) in [4.78, 5) is 36.5. The molecule has 1 heterocycles. The number of carbonyl (C=O) groups excluding carboxylic acids is 3. The average molecular weight is 286 g/mol. The molecular weight excluding hydrogens is 264 g/mol. The molecule has 1 saturated heterocycles. The van der Waals surface area contributed by atoms with Gasteiger partial charge < -0.3 is 5.32 Å². The average Bonchev–Trinajstić information content (AvgIpc) is 2.58. The van der Waals surface area contributed by atoms with Gasteiger partial charge in [0.05, 0.1) is 5.25 Å². The molecule has 0 bridgehead atoms. The lowest BCUT2D eigenvalue weighted by Gasteiger charge is -2.15. The summed E-state index contributed by atoms with van der Waals surface area (Å²) in [6, 6.07) is 0.0744. The molecule has 0 radical (unpaired) electrons. The van der Waals surface area contributed by atoms with Crippen LogP contribution in [0.25, 0.3) is 0 Å². The predicted molar refractivity (Wildman–Crippen MR) is 75.8 cm³/mol. The van der Waals surface area contributed by atoms with E-state index < -0.39 is 0 Å². The van der Waals surface area contributed by atoms with Crippen LogP contribution in [0.1, 0.15) is 40.0 Å². The van der Waals surface area contributed by atoms with E-state index in [1.807, 2.05) is 20.8 Å². The fraction of sp³-hybridized carbons (Fsp3) is 0.769. The summed E-state index contributed by atoms with van der Waals surface area (Å²) in [5.74, 6) is 0.461. The van der Waals surface area contributed by atoms with Gasteiger partial charge in [-0.3, -0.25) is 19.3 Å². The third-order valence-corrected chi connectivity index (χ3v) is 4.15. The van der Waals surface area contributed by atoms with Gasteiger partial charge in [0.2, 0.25) is 17.7 Å². The first-order chi connectivity index (χ1) is 8.95. The van der Waals surface area contributed by atoms with Gasteiger partial charge in [-0.2, -0.15) is 0 Å². The monoisotopic (exact) mass is 286 g/mol. The van der Waals surface area contributed by atoms with E-state index in [1.165, 1.54) is 16.7 Å². The Morgan fingerprint density at radius 2 is 2.16 bits per heavy atom.